The van der Waals surface area contributed by atoms with Crippen LogP contribution < -0.4 is 10.5 Å². The lowest BCUT2D eigenvalue weighted by Gasteiger charge is -2.10. The van der Waals surface area contributed by atoms with Crippen molar-refractivity contribution in [1.29, 1.82) is 0 Å². The molecule has 0 aliphatic carbocycles. The van der Waals surface area contributed by atoms with Gasteiger partial charge in [-0.25, -0.2) is 17.9 Å². The van der Waals surface area contributed by atoms with E-state index >= 15 is 0 Å². The molecule has 2 aromatic rings. The number of aryl methyl sites for hydroxylation is 1. The largest absolute Gasteiger partial charge is 0.322 e. The van der Waals surface area contributed by atoms with Crippen LogP contribution in [0, 0.1) is 12.7 Å². The summed E-state index contributed by atoms with van der Waals surface area (Å²) in [6.45, 7) is 1.64. The van der Waals surface area contributed by atoms with E-state index in [1.807, 2.05) is 0 Å². The van der Waals surface area contributed by atoms with Gasteiger partial charge in [0.1, 0.15) is 10.7 Å². The Labute approximate surface area is 131 Å². The highest BCUT2D eigenvalue weighted by Gasteiger charge is 2.16. The first-order valence-corrected chi connectivity index (χ1v) is 8.01. The standard InChI is InChI=1S/C14H12ClFN2O3S/c1-8-6-10(16)3-5-12(8)18-14(19)9-2-4-11(15)13(7-9)22(17,20)21/h2-7H,1H3,(H,18,19)(H2,17,20,21). The smallest absolute Gasteiger partial charge is 0.255 e. The number of sulfonamides is 1. The van der Waals surface area contributed by atoms with Crippen molar-refractivity contribution in [2.45, 2.75) is 11.8 Å². The van der Waals surface area contributed by atoms with E-state index in [2.05, 4.69) is 5.32 Å². The maximum atomic E-state index is 13.0. The van der Waals surface area contributed by atoms with E-state index in [0.29, 0.717) is 11.3 Å². The first-order valence-electron chi connectivity index (χ1n) is 6.08. The number of hydrogen-bond donors (Lipinski definition) is 2. The van der Waals surface area contributed by atoms with Crippen LogP contribution in [0.25, 0.3) is 0 Å². The molecule has 116 valence electrons. The molecule has 0 aromatic heterocycles. The van der Waals surface area contributed by atoms with E-state index in [1.54, 1.807) is 6.92 Å². The minimum Gasteiger partial charge on any atom is -0.322 e. The van der Waals surface area contributed by atoms with Gasteiger partial charge in [0.15, 0.2) is 0 Å². The third kappa shape index (κ3) is 3.62. The predicted molar refractivity (Wildman–Crippen MR) is 81.9 cm³/mol. The van der Waals surface area contributed by atoms with Crippen molar-refractivity contribution in [2.24, 2.45) is 5.14 Å². The van der Waals surface area contributed by atoms with Crippen molar-refractivity contribution in [2.75, 3.05) is 5.32 Å². The number of halogens is 2. The summed E-state index contributed by atoms with van der Waals surface area (Å²) in [5, 5.41) is 7.53. The molecule has 0 spiro atoms. The van der Waals surface area contributed by atoms with Crippen molar-refractivity contribution in [1.82, 2.24) is 0 Å². The summed E-state index contributed by atoms with van der Waals surface area (Å²) in [6.07, 6.45) is 0. The zero-order valence-corrected chi connectivity index (χ0v) is 13.0. The predicted octanol–water partition coefficient (Wildman–Crippen LogP) is 2.69. The second-order valence-electron chi connectivity index (χ2n) is 4.60. The fourth-order valence-corrected chi connectivity index (χ4v) is 2.90. The topological polar surface area (TPSA) is 89.3 Å². The second kappa shape index (κ2) is 6.04. The molecule has 0 unspecified atom stereocenters. The van der Waals surface area contributed by atoms with Crippen molar-refractivity contribution in [3.63, 3.8) is 0 Å². The van der Waals surface area contributed by atoms with Crippen LogP contribution in [0.2, 0.25) is 5.02 Å². The Morgan fingerprint density at radius 3 is 2.50 bits per heavy atom. The number of hydrogen-bond acceptors (Lipinski definition) is 3. The Morgan fingerprint density at radius 2 is 1.91 bits per heavy atom. The van der Waals surface area contributed by atoms with Gasteiger partial charge in [0.05, 0.1) is 5.02 Å². The van der Waals surface area contributed by atoms with Crippen LogP contribution in [-0.4, -0.2) is 14.3 Å². The number of primary sulfonamides is 1. The Hall–Kier alpha value is -1.96. The number of nitrogens with two attached hydrogens (primary N) is 1. The minimum absolute atomic E-state index is 0.0668. The molecule has 0 fully saturated rings. The van der Waals surface area contributed by atoms with Crippen molar-refractivity contribution >= 4 is 33.2 Å². The number of nitrogens with one attached hydrogen (secondary N) is 1. The molecule has 5 nitrogen and oxygen atoms in total. The van der Waals surface area contributed by atoms with E-state index in [4.69, 9.17) is 16.7 Å². The molecule has 0 bridgehead atoms. The van der Waals surface area contributed by atoms with E-state index in [0.717, 1.165) is 6.07 Å². The van der Waals surface area contributed by atoms with Gasteiger partial charge in [0.25, 0.3) is 5.91 Å². The number of carbonyl (C=O) groups excluding carboxylic acids is 1. The molecular weight excluding hydrogens is 331 g/mol. The van der Waals surface area contributed by atoms with E-state index in [1.165, 1.54) is 30.3 Å². The third-order valence-electron chi connectivity index (χ3n) is 2.94. The van der Waals surface area contributed by atoms with Gasteiger partial charge in [-0.1, -0.05) is 11.6 Å². The normalized spacial score (nSPS) is 11.3. The van der Waals surface area contributed by atoms with E-state index < -0.39 is 21.7 Å². The molecule has 0 radical (unpaired) electrons. The van der Waals surface area contributed by atoms with Gasteiger partial charge in [0, 0.05) is 11.3 Å². The van der Waals surface area contributed by atoms with Crippen molar-refractivity contribution in [3.05, 3.63) is 58.4 Å². The molecular formula is C14H12ClFN2O3S. The highest BCUT2D eigenvalue weighted by atomic mass is 35.5. The monoisotopic (exact) mass is 342 g/mol. The van der Waals surface area contributed by atoms with Crippen LogP contribution in [-0.2, 0) is 10.0 Å². The average molecular weight is 343 g/mol. The SMILES string of the molecule is Cc1cc(F)ccc1NC(=O)c1ccc(Cl)c(S(N)(=O)=O)c1. The molecule has 0 saturated carbocycles. The molecule has 2 aromatic carbocycles. The average Bonchev–Trinajstić information content (AvgIpc) is 2.41. The summed E-state index contributed by atoms with van der Waals surface area (Å²) in [5.41, 5.74) is 1.02. The van der Waals surface area contributed by atoms with Crippen LogP contribution in [0.1, 0.15) is 15.9 Å². The number of anilines is 1. The summed E-state index contributed by atoms with van der Waals surface area (Å²) < 4.78 is 35.8. The molecule has 2 rings (SSSR count). The number of amides is 1. The molecule has 0 aliphatic heterocycles. The fraction of sp³-hybridized carbons (Fsp3) is 0.0714. The second-order valence-corrected chi connectivity index (χ2v) is 6.54. The van der Waals surface area contributed by atoms with Crippen LogP contribution >= 0.6 is 11.6 Å². The molecule has 22 heavy (non-hydrogen) atoms. The maximum absolute atomic E-state index is 13.0. The van der Waals surface area contributed by atoms with Crippen LogP contribution in [0.15, 0.2) is 41.3 Å². The quantitative estimate of drug-likeness (QED) is 0.898. The molecule has 3 N–H and O–H groups in total. The van der Waals surface area contributed by atoms with Gasteiger partial charge in [-0.15, -0.1) is 0 Å². The lowest BCUT2D eigenvalue weighted by Crippen LogP contribution is -2.16. The molecule has 0 atom stereocenters. The number of carbonyl (C=O) groups is 1. The van der Waals surface area contributed by atoms with E-state index in [-0.39, 0.29) is 15.5 Å². The Bertz CT molecular complexity index is 853. The van der Waals surface area contributed by atoms with Gasteiger partial charge in [0.2, 0.25) is 10.0 Å². The Morgan fingerprint density at radius 1 is 1.23 bits per heavy atom. The summed E-state index contributed by atoms with van der Waals surface area (Å²) in [7, 11) is -4.04. The molecule has 0 aliphatic rings. The molecule has 0 saturated heterocycles. The van der Waals surface area contributed by atoms with Gasteiger partial charge in [-0.3, -0.25) is 4.79 Å². The minimum atomic E-state index is -4.04. The molecule has 0 heterocycles. The Kier molecular flexibility index (Phi) is 4.50. The fourth-order valence-electron chi connectivity index (χ4n) is 1.82. The third-order valence-corrected chi connectivity index (χ3v) is 4.33. The van der Waals surface area contributed by atoms with E-state index in [9.17, 15) is 17.6 Å². The van der Waals surface area contributed by atoms with Crippen molar-refractivity contribution in [3.8, 4) is 0 Å². The van der Waals surface area contributed by atoms with Crippen LogP contribution in [0.3, 0.4) is 0 Å². The number of benzene rings is 2. The summed E-state index contributed by atoms with van der Waals surface area (Å²) in [5.74, 6) is -0.977. The van der Waals surface area contributed by atoms with Gasteiger partial charge in [-0.2, -0.15) is 0 Å². The molecule has 8 heteroatoms. The zero-order valence-electron chi connectivity index (χ0n) is 11.4. The highest BCUT2D eigenvalue weighted by Crippen LogP contribution is 2.23. The molecule has 1 amide bonds. The lowest BCUT2D eigenvalue weighted by atomic mass is 10.1. The zero-order chi connectivity index (χ0) is 16.5. The Balaban J connectivity index is 2.34. The van der Waals surface area contributed by atoms with Gasteiger partial charge >= 0.3 is 0 Å². The summed E-state index contributed by atoms with van der Waals surface area (Å²) >= 11 is 5.76. The highest BCUT2D eigenvalue weighted by molar-refractivity contribution is 7.89. The van der Waals surface area contributed by atoms with Crippen molar-refractivity contribution < 1.29 is 17.6 Å². The summed E-state index contributed by atoms with van der Waals surface area (Å²) in [4.78, 5) is 11.8. The maximum Gasteiger partial charge on any atom is 0.255 e. The number of rotatable bonds is 3. The van der Waals surface area contributed by atoms with Gasteiger partial charge in [-0.05, 0) is 48.9 Å². The van der Waals surface area contributed by atoms with Crippen LogP contribution in [0.5, 0.6) is 0 Å². The lowest BCUT2D eigenvalue weighted by molar-refractivity contribution is 0.102. The summed E-state index contributed by atoms with van der Waals surface area (Å²) in [6, 6.07) is 7.62. The first kappa shape index (κ1) is 16.4. The van der Waals surface area contributed by atoms with Gasteiger partial charge < -0.3 is 5.32 Å². The first-order chi connectivity index (χ1) is 10.2. The van der Waals surface area contributed by atoms with Crippen LogP contribution in [0.4, 0.5) is 10.1 Å².